The summed E-state index contributed by atoms with van der Waals surface area (Å²) < 4.78 is 0. The highest BCUT2D eigenvalue weighted by molar-refractivity contribution is 6.07. The van der Waals surface area contributed by atoms with Crippen LogP contribution in [0.3, 0.4) is 0 Å². The molecule has 3 rings (SSSR count). The largest absolute Gasteiger partial charge is 0.366 e. The second-order valence-electron chi connectivity index (χ2n) is 7.36. The summed E-state index contributed by atoms with van der Waals surface area (Å²) in [7, 11) is 0. The molecule has 4 amide bonds. The summed E-state index contributed by atoms with van der Waals surface area (Å²) in [5.41, 5.74) is 5.37. The van der Waals surface area contributed by atoms with Crippen molar-refractivity contribution in [2.75, 3.05) is 0 Å². The van der Waals surface area contributed by atoms with Gasteiger partial charge >= 0.3 is 6.03 Å². The zero-order valence-corrected chi connectivity index (χ0v) is 16.7. The van der Waals surface area contributed by atoms with Gasteiger partial charge in [-0.3, -0.25) is 24.6 Å². The maximum atomic E-state index is 13.1. The van der Waals surface area contributed by atoms with E-state index in [1.54, 1.807) is 19.1 Å². The maximum Gasteiger partial charge on any atom is 0.325 e. The number of hydrogen-bond donors (Lipinski definition) is 2. The molecule has 0 bridgehead atoms. The van der Waals surface area contributed by atoms with Gasteiger partial charge in [0.25, 0.3) is 11.6 Å². The van der Waals surface area contributed by atoms with E-state index < -0.39 is 28.3 Å². The number of primary amides is 1. The van der Waals surface area contributed by atoms with Crippen molar-refractivity contribution in [3.63, 3.8) is 0 Å². The maximum absolute atomic E-state index is 13.1. The number of nitro groups is 1. The van der Waals surface area contributed by atoms with Crippen LogP contribution in [0.25, 0.3) is 0 Å². The number of nitrogens with two attached hydrogens (primary N) is 1. The van der Waals surface area contributed by atoms with E-state index >= 15 is 0 Å². The van der Waals surface area contributed by atoms with Crippen molar-refractivity contribution in [1.29, 1.82) is 0 Å². The molecule has 1 aliphatic rings. The van der Waals surface area contributed by atoms with E-state index in [0.29, 0.717) is 5.56 Å². The summed E-state index contributed by atoms with van der Waals surface area (Å²) in [6.07, 6.45) is 1.90. The van der Waals surface area contributed by atoms with Gasteiger partial charge in [-0.05, 0) is 36.6 Å². The lowest BCUT2D eigenvalue weighted by Crippen LogP contribution is -2.40. The fourth-order valence-corrected chi connectivity index (χ4v) is 3.52. The SMILES string of the molecule is CCCc1ccc(C2(C)NC(=O)N(Cc3ccc(C(N)=O)cc3[N+](=O)[O-])C2=O)cc1. The Bertz CT molecular complexity index is 1030. The lowest BCUT2D eigenvalue weighted by Gasteiger charge is -2.22. The van der Waals surface area contributed by atoms with E-state index in [0.717, 1.165) is 29.4 Å². The minimum absolute atomic E-state index is 0.0281. The number of carbonyl (C=O) groups excluding carboxylic acids is 3. The van der Waals surface area contributed by atoms with Gasteiger partial charge < -0.3 is 11.1 Å². The predicted octanol–water partition coefficient (Wildman–Crippen LogP) is 2.61. The fourth-order valence-electron chi connectivity index (χ4n) is 3.52. The predicted molar refractivity (Wildman–Crippen MR) is 108 cm³/mol. The Morgan fingerprint density at radius 3 is 2.43 bits per heavy atom. The van der Waals surface area contributed by atoms with Crippen LogP contribution >= 0.6 is 0 Å². The van der Waals surface area contributed by atoms with Crippen molar-refractivity contribution < 1.29 is 19.3 Å². The average Bonchev–Trinajstić information content (AvgIpc) is 2.92. The van der Waals surface area contributed by atoms with Gasteiger partial charge in [0.2, 0.25) is 5.91 Å². The summed E-state index contributed by atoms with van der Waals surface area (Å²) in [5, 5.41) is 14.1. The Kier molecular flexibility index (Phi) is 5.55. The normalized spacial score (nSPS) is 18.4. The van der Waals surface area contributed by atoms with Gasteiger partial charge in [0.05, 0.1) is 11.5 Å². The van der Waals surface area contributed by atoms with E-state index in [1.807, 2.05) is 12.1 Å². The zero-order chi connectivity index (χ0) is 22.1. The minimum atomic E-state index is -1.27. The van der Waals surface area contributed by atoms with E-state index in [2.05, 4.69) is 12.2 Å². The first-order chi connectivity index (χ1) is 14.2. The van der Waals surface area contributed by atoms with Crippen LogP contribution in [0, 0.1) is 10.1 Å². The van der Waals surface area contributed by atoms with Gasteiger partial charge in [-0.2, -0.15) is 0 Å². The van der Waals surface area contributed by atoms with Crippen molar-refractivity contribution >= 4 is 23.5 Å². The second-order valence-corrected chi connectivity index (χ2v) is 7.36. The summed E-state index contributed by atoms with van der Waals surface area (Å²) in [4.78, 5) is 48.7. The van der Waals surface area contributed by atoms with Crippen LogP contribution in [-0.4, -0.2) is 27.7 Å². The van der Waals surface area contributed by atoms with E-state index in [4.69, 9.17) is 5.73 Å². The number of nitrogens with one attached hydrogen (secondary N) is 1. The summed E-state index contributed by atoms with van der Waals surface area (Å²) in [6.45, 7) is 3.37. The smallest absolute Gasteiger partial charge is 0.325 e. The second kappa shape index (κ2) is 7.94. The van der Waals surface area contributed by atoms with Crippen molar-refractivity contribution in [3.8, 4) is 0 Å². The molecule has 0 radical (unpaired) electrons. The highest BCUT2D eigenvalue weighted by Crippen LogP contribution is 2.31. The lowest BCUT2D eigenvalue weighted by molar-refractivity contribution is -0.385. The molecular formula is C21H22N4O5. The van der Waals surface area contributed by atoms with Crippen LogP contribution in [-0.2, 0) is 23.3 Å². The molecule has 0 saturated carbocycles. The number of nitro benzene ring substituents is 1. The molecule has 3 N–H and O–H groups in total. The van der Waals surface area contributed by atoms with Crippen LogP contribution in [0.15, 0.2) is 42.5 Å². The number of amides is 4. The molecule has 0 aliphatic carbocycles. The molecule has 0 aromatic heterocycles. The molecule has 2 aromatic rings. The Labute approximate surface area is 173 Å². The van der Waals surface area contributed by atoms with Crippen molar-refractivity contribution in [2.45, 2.75) is 38.8 Å². The third-order valence-electron chi connectivity index (χ3n) is 5.24. The van der Waals surface area contributed by atoms with Crippen LogP contribution in [0.1, 0.15) is 47.3 Å². The van der Waals surface area contributed by atoms with E-state index in [-0.39, 0.29) is 23.4 Å². The summed E-state index contributed by atoms with van der Waals surface area (Å²) in [6, 6.07) is 10.5. The molecule has 1 aliphatic heterocycles. The molecule has 1 heterocycles. The monoisotopic (exact) mass is 410 g/mol. The lowest BCUT2D eigenvalue weighted by atomic mass is 9.91. The molecule has 9 nitrogen and oxygen atoms in total. The topological polar surface area (TPSA) is 136 Å². The fraction of sp³-hybridized carbons (Fsp3) is 0.286. The number of benzene rings is 2. The number of aryl methyl sites for hydroxylation is 1. The number of hydrogen-bond acceptors (Lipinski definition) is 5. The number of nitrogens with zero attached hydrogens (tertiary/aromatic N) is 2. The van der Waals surface area contributed by atoms with Gasteiger partial charge in [0.1, 0.15) is 5.54 Å². The van der Waals surface area contributed by atoms with Crippen LogP contribution in [0.2, 0.25) is 0 Å². The average molecular weight is 410 g/mol. The highest BCUT2D eigenvalue weighted by Gasteiger charge is 2.49. The molecule has 156 valence electrons. The first kappa shape index (κ1) is 21.0. The number of urea groups is 1. The van der Waals surface area contributed by atoms with Crippen LogP contribution in [0.4, 0.5) is 10.5 Å². The number of carbonyl (C=O) groups is 3. The Hall–Kier alpha value is -3.75. The highest BCUT2D eigenvalue weighted by atomic mass is 16.6. The van der Waals surface area contributed by atoms with Crippen LogP contribution < -0.4 is 11.1 Å². The number of rotatable bonds is 7. The molecule has 2 aromatic carbocycles. The van der Waals surface area contributed by atoms with E-state index in [1.165, 1.54) is 12.1 Å². The summed E-state index contributed by atoms with van der Waals surface area (Å²) >= 11 is 0. The molecule has 1 fully saturated rings. The zero-order valence-electron chi connectivity index (χ0n) is 16.7. The third-order valence-corrected chi connectivity index (χ3v) is 5.24. The first-order valence-corrected chi connectivity index (χ1v) is 9.48. The molecule has 0 spiro atoms. The van der Waals surface area contributed by atoms with Crippen molar-refractivity contribution in [3.05, 3.63) is 74.8 Å². The van der Waals surface area contributed by atoms with Crippen LogP contribution in [0.5, 0.6) is 0 Å². The molecule has 1 saturated heterocycles. The van der Waals surface area contributed by atoms with Gasteiger partial charge in [-0.25, -0.2) is 4.79 Å². The Morgan fingerprint density at radius 2 is 1.87 bits per heavy atom. The van der Waals surface area contributed by atoms with Gasteiger partial charge in [-0.1, -0.05) is 37.6 Å². The standard InChI is InChI=1S/C21H22N4O5/c1-3-4-13-5-9-16(10-6-13)21(2)19(27)24(20(28)23-21)12-15-8-7-14(18(22)26)11-17(15)25(29)30/h5-11H,3-4,12H2,1-2H3,(H2,22,26)(H,23,28). The van der Waals surface area contributed by atoms with Crippen molar-refractivity contribution in [1.82, 2.24) is 10.2 Å². The molecule has 30 heavy (non-hydrogen) atoms. The number of imide groups is 1. The van der Waals surface area contributed by atoms with E-state index in [9.17, 15) is 24.5 Å². The van der Waals surface area contributed by atoms with Gasteiger partial charge in [0, 0.05) is 17.2 Å². The Morgan fingerprint density at radius 1 is 1.20 bits per heavy atom. The van der Waals surface area contributed by atoms with Gasteiger partial charge in [-0.15, -0.1) is 0 Å². The molecule has 9 heteroatoms. The summed E-state index contributed by atoms with van der Waals surface area (Å²) in [5.74, 6) is -1.32. The quantitative estimate of drug-likeness (QED) is 0.411. The molecular weight excluding hydrogens is 388 g/mol. The minimum Gasteiger partial charge on any atom is -0.366 e. The molecule has 1 unspecified atom stereocenters. The third kappa shape index (κ3) is 3.73. The Balaban J connectivity index is 1.90. The van der Waals surface area contributed by atoms with Gasteiger partial charge in [0.15, 0.2) is 0 Å². The first-order valence-electron chi connectivity index (χ1n) is 9.48. The van der Waals surface area contributed by atoms with Crippen molar-refractivity contribution in [2.24, 2.45) is 5.73 Å². The molecule has 1 atom stereocenters.